The second-order valence-electron chi connectivity index (χ2n) is 6.96. The fourth-order valence-corrected chi connectivity index (χ4v) is 4.73. The van der Waals surface area contributed by atoms with Crippen molar-refractivity contribution >= 4 is 11.4 Å². The highest BCUT2D eigenvalue weighted by molar-refractivity contribution is 5.94. The van der Waals surface area contributed by atoms with Gasteiger partial charge in [0, 0.05) is 37.8 Å². The molecule has 1 saturated heterocycles. The smallest absolute Gasteiger partial charge is 0.119 e. The second-order valence-corrected chi connectivity index (χ2v) is 6.96. The highest BCUT2D eigenvalue weighted by Gasteiger charge is 2.48. The van der Waals surface area contributed by atoms with E-state index in [9.17, 15) is 5.21 Å². The van der Waals surface area contributed by atoms with E-state index in [1.54, 1.807) is 7.11 Å². The lowest BCUT2D eigenvalue weighted by Crippen LogP contribution is -2.54. The number of methoxy groups -OCH3 is 1. The molecule has 2 aliphatic carbocycles. The molecule has 0 amide bonds. The molecule has 0 spiro atoms. The highest BCUT2D eigenvalue weighted by Crippen LogP contribution is 2.45. The summed E-state index contributed by atoms with van der Waals surface area (Å²) in [5.74, 6) is 2.14. The minimum Gasteiger partial charge on any atom is -0.497 e. The lowest BCUT2D eigenvalue weighted by molar-refractivity contribution is 0.181. The zero-order valence-corrected chi connectivity index (χ0v) is 13.7. The Morgan fingerprint density at radius 3 is 2.48 bits per heavy atom. The molecule has 3 aliphatic rings. The van der Waals surface area contributed by atoms with Crippen molar-refractivity contribution in [2.24, 2.45) is 17.0 Å². The van der Waals surface area contributed by atoms with Gasteiger partial charge in [-0.1, -0.05) is 5.16 Å². The molecule has 2 bridgehead atoms. The van der Waals surface area contributed by atoms with Gasteiger partial charge in [-0.05, 0) is 49.4 Å². The highest BCUT2D eigenvalue weighted by atomic mass is 16.5. The van der Waals surface area contributed by atoms with Gasteiger partial charge >= 0.3 is 0 Å². The SMILES string of the molecule is COc1ccc(N2CCN(C3/C(=N/O)C4CCC3C4)CC2)cc1. The molecule has 1 aromatic carbocycles. The van der Waals surface area contributed by atoms with Crippen molar-refractivity contribution in [2.45, 2.75) is 25.3 Å². The lowest BCUT2D eigenvalue weighted by atomic mass is 9.91. The minimum absolute atomic E-state index is 0.386. The van der Waals surface area contributed by atoms with Crippen LogP contribution in [-0.2, 0) is 0 Å². The Balaban J connectivity index is 1.41. The van der Waals surface area contributed by atoms with E-state index in [0.29, 0.717) is 17.9 Å². The van der Waals surface area contributed by atoms with Crippen LogP contribution in [0.25, 0.3) is 0 Å². The van der Waals surface area contributed by atoms with Gasteiger partial charge < -0.3 is 14.8 Å². The van der Waals surface area contributed by atoms with Crippen molar-refractivity contribution in [1.82, 2.24) is 4.90 Å². The van der Waals surface area contributed by atoms with Gasteiger partial charge in [-0.2, -0.15) is 0 Å². The second kappa shape index (κ2) is 6.04. The monoisotopic (exact) mass is 315 g/mol. The summed E-state index contributed by atoms with van der Waals surface area (Å²) in [5, 5.41) is 13.1. The first-order valence-electron chi connectivity index (χ1n) is 8.65. The summed E-state index contributed by atoms with van der Waals surface area (Å²) in [6.07, 6.45) is 3.74. The molecule has 5 heteroatoms. The Kier molecular flexibility index (Phi) is 3.89. The van der Waals surface area contributed by atoms with Crippen LogP contribution in [0.5, 0.6) is 5.75 Å². The fraction of sp³-hybridized carbons (Fsp3) is 0.611. The molecule has 1 aromatic rings. The molecule has 0 radical (unpaired) electrons. The van der Waals surface area contributed by atoms with Gasteiger partial charge in [-0.25, -0.2) is 0 Å². The van der Waals surface area contributed by atoms with Gasteiger partial charge in [0.1, 0.15) is 5.75 Å². The first-order valence-corrected chi connectivity index (χ1v) is 8.65. The molecule has 2 saturated carbocycles. The summed E-state index contributed by atoms with van der Waals surface area (Å²) < 4.78 is 5.23. The first kappa shape index (κ1) is 14.8. The van der Waals surface area contributed by atoms with Gasteiger partial charge in [0.15, 0.2) is 0 Å². The van der Waals surface area contributed by atoms with E-state index >= 15 is 0 Å². The Bertz CT molecular complexity index is 578. The molecule has 5 nitrogen and oxygen atoms in total. The largest absolute Gasteiger partial charge is 0.497 e. The standard InChI is InChI=1S/C18H25N3O2/c1-23-16-6-4-15(5-7-16)20-8-10-21(11-9-20)18-14-3-2-13(12-14)17(18)19-22/h4-7,13-14,18,22H,2-3,8-12H2,1H3/b19-17+. The summed E-state index contributed by atoms with van der Waals surface area (Å²) in [6, 6.07) is 8.69. The van der Waals surface area contributed by atoms with Crippen LogP contribution in [0.3, 0.4) is 0 Å². The Morgan fingerprint density at radius 2 is 1.83 bits per heavy atom. The van der Waals surface area contributed by atoms with Crippen LogP contribution < -0.4 is 9.64 Å². The lowest BCUT2D eigenvalue weighted by Gasteiger charge is -2.41. The molecule has 3 atom stereocenters. The normalized spacial score (nSPS) is 32.7. The summed E-state index contributed by atoms with van der Waals surface area (Å²) in [4.78, 5) is 4.97. The van der Waals surface area contributed by atoms with Crippen LogP contribution >= 0.6 is 0 Å². The third-order valence-electron chi connectivity index (χ3n) is 5.90. The van der Waals surface area contributed by atoms with Crippen molar-refractivity contribution in [1.29, 1.82) is 0 Å². The van der Waals surface area contributed by atoms with Crippen molar-refractivity contribution in [3.05, 3.63) is 24.3 Å². The number of ether oxygens (including phenoxy) is 1. The topological polar surface area (TPSA) is 48.3 Å². The van der Waals surface area contributed by atoms with E-state index in [2.05, 4.69) is 27.1 Å². The quantitative estimate of drug-likeness (QED) is 0.687. The summed E-state index contributed by atoms with van der Waals surface area (Å²) in [6.45, 7) is 4.13. The zero-order valence-electron chi connectivity index (χ0n) is 13.7. The van der Waals surface area contributed by atoms with Crippen LogP contribution in [0.2, 0.25) is 0 Å². The van der Waals surface area contributed by atoms with Crippen molar-refractivity contribution in [3.8, 4) is 5.75 Å². The number of fused-ring (bicyclic) bond motifs is 2. The number of hydrogen-bond acceptors (Lipinski definition) is 5. The zero-order chi connectivity index (χ0) is 15.8. The maximum atomic E-state index is 9.41. The molecule has 1 heterocycles. The third-order valence-corrected chi connectivity index (χ3v) is 5.90. The van der Waals surface area contributed by atoms with Gasteiger partial charge in [-0.15, -0.1) is 0 Å². The molecule has 3 unspecified atom stereocenters. The number of oxime groups is 1. The fourth-order valence-electron chi connectivity index (χ4n) is 4.73. The number of rotatable bonds is 3. The number of nitrogens with zero attached hydrogens (tertiary/aromatic N) is 3. The molecule has 3 fully saturated rings. The van der Waals surface area contributed by atoms with E-state index in [1.165, 1.54) is 24.9 Å². The van der Waals surface area contributed by atoms with E-state index in [1.807, 2.05) is 12.1 Å². The van der Waals surface area contributed by atoms with Gasteiger partial charge in [0.25, 0.3) is 0 Å². The van der Waals surface area contributed by atoms with Crippen LogP contribution in [-0.4, -0.2) is 55.1 Å². The molecular formula is C18H25N3O2. The van der Waals surface area contributed by atoms with Crippen LogP contribution in [0.4, 0.5) is 5.69 Å². The molecule has 1 aliphatic heterocycles. The maximum absolute atomic E-state index is 9.41. The number of anilines is 1. The molecule has 0 aromatic heterocycles. The minimum atomic E-state index is 0.386. The predicted molar refractivity (Wildman–Crippen MR) is 90.6 cm³/mol. The van der Waals surface area contributed by atoms with Crippen LogP contribution in [0.15, 0.2) is 29.4 Å². The summed E-state index contributed by atoms with van der Waals surface area (Å²) in [5.41, 5.74) is 2.31. The average molecular weight is 315 g/mol. The first-order chi connectivity index (χ1) is 11.3. The molecule has 4 rings (SSSR count). The van der Waals surface area contributed by atoms with Gasteiger partial charge in [-0.3, -0.25) is 4.90 Å². The number of benzene rings is 1. The Hall–Kier alpha value is -1.75. The number of hydrogen-bond donors (Lipinski definition) is 1. The Morgan fingerprint density at radius 1 is 1.09 bits per heavy atom. The van der Waals surface area contributed by atoms with Crippen LogP contribution in [0, 0.1) is 11.8 Å². The molecule has 23 heavy (non-hydrogen) atoms. The average Bonchev–Trinajstić information content (AvgIpc) is 3.23. The summed E-state index contributed by atoms with van der Waals surface area (Å²) in [7, 11) is 1.70. The van der Waals surface area contributed by atoms with E-state index < -0.39 is 0 Å². The maximum Gasteiger partial charge on any atom is 0.119 e. The van der Waals surface area contributed by atoms with E-state index in [4.69, 9.17) is 4.74 Å². The van der Waals surface area contributed by atoms with Gasteiger partial charge in [0.2, 0.25) is 0 Å². The molecular weight excluding hydrogens is 290 g/mol. The third kappa shape index (κ3) is 2.57. The van der Waals surface area contributed by atoms with Crippen LogP contribution in [0.1, 0.15) is 19.3 Å². The molecule has 1 N–H and O–H groups in total. The number of piperazine rings is 1. The van der Waals surface area contributed by atoms with E-state index in [0.717, 1.165) is 37.6 Å². The van der Waals surface area contributed by atoms with E-state index in [-0.39, 0.29) is 0 Å². The van der Waals surface area contributed by atoms with Crippen molar-refractivity contribution in [3.63, 3.8) is 0 Å². The predicted octanol–water partition coefficient (Wildman–Crippen LogP) is 2.45. The van der Waals surface area contributed by atoms with Crippen molar-refractivity contribution < 1.29 is 9.94 Å². The Labute approximate surface area is 137 Å². The van der Waals surface area contributed by atoms with Gasteiger partial charge in [0.05, 0.1) is 18.9 Å². The molecule has 124 valence electrons. The van der Waals surface area contributed by atoms with Crippen molar-refractivity contribution in [2.75, 3.05) is 38.2 Å². The summed E-state index contributed by atoms with van der Waals surface area (Å²) >= 11 is 0.